The molecule has 9 nitrogen and oxygen atoms in total. The van der Waals surface area contributed by atoms with E-state index in [1.54, 1.807) is 30.3 Å². The van der Waals surface area contributed by atoms with Crippen LogP contribution in [0.1, 0.15) is 33.2 Å². The fraction of sp³-hybridized carbons (Fsp3) is 0.238. The Morgan fingerprint density at radius 2 is 1.73 bits per heavy atom. The van der Waals surface area contributed by atoms with Crippen molar-refractivity contribution in [2.75, 3.05) is 13.4 Å². The summed E-state index contributed by atoms with van der Waals surface area (Å²) in [6.45, 7) is 1.22. The van der Waals surface area contributed by atoms with Crippen LogP contribution >= 0.6 is 0 Å². The predicted octanol–water partition coefficient (Wildman–Crippen LogP) is 1.26. The van der Waals surface area contributed by atoms with Gasteiger partial charge in [0.1, 0.15) is 6.04 Å². The maximum atomic E-state index is 12.4. The van der Waals surface area contributed by atoms with Gasteiger partial charge in [0.05, 0.1) is 11.1 Å². The van der Waals surface area contributed by atoms with Gasteiger partial charge >= 0.3 is 5.97 Å². The van der Waals surface area contributed by atoms with Gasteiger partial charge in [-0.25, -0.2) is 4.79 Å². The number of rotatable bonds is 6. The molecule has 2 aromatic rings. The third-order valence-electron chi connectivity index (χ3n) is 4.83. The average Bonchev–Trinajstić information content (AvgIpc) is 3.32. The molecular formula is C21H18N2O7. The standard InChI is InChI=1S/C21H18N2O7/c1-12(23-19(25)14-4-2-3-5-15(14)20(23)26)21(27)28-10-18(24)22-9-13-6-7-16-17(8-13)30-11-29-16/h2-8,12H,9-11H2,1H3,(H,22,24). The largest absolute Gasteiger partial charge is 0.454 e. The first-order valence-corrected chi connectivity index (χ1v) is 9.24. The van der Waals surface area contributed by atoms with Crippen molar-refractivity contribution in [2.45, 2.75) is 19.5 Å². The number of benzene rings is 2. The van der Waals surface area contributed by atoms with E-state index in [0.717, 1.165) is 10.5 Å². The van der Waals surface area contributed by atoms with E-state index < -0.39 is 36.3 Å². The minimum atomic E-state index is -1.15. The Morgan fingerprint density at radius 3 is 2.43 bits per heavy atom. The Bertz CT molecular complexity index is 1010. The van der Waals surface area contributed by atoms with E-state index in [9.17, 15) is 19.2 Å². The SMILES string of the molecule is CC(C(=O)OCC(=O)NCc1ccc2c(c1)OCO2)N1C(=O)c2ccccc2C1=O. The summed E-state index contributed by atoms with van der Waals surface area (Å²) < 4.78 is 15.5. The molecular weight excluding hydrogens is 392 g/mol. The molecule has 3 amide bonds. The first kappa shape index (κ1) is 19.4. The maximum absolute atomic E-state index is 12.4. The van der Waals surface area contributed by atoms with Gasteiger partial charge < -0.3 is 19.5 Å². The molecule has 4 rings (SSSR count). The van der Waals surface area contributed by atoms with Crippen molar-refractivity contribution in [3.8, 4) is 11.5 Å². The molecule has 2 aromatic carbocycles. The van der Waals surface area contributed by atoms with E-state index in [2.05, 4.69) is 5.32 Å². The summed E-state index contributed by atoms with van der Waals surface area (Å²) in [5, 5.41) is 2.63. The monoisotopic (exact) mass is 410 g/mol. The zero-order valence-corrected chi connectivity index (χ0v) is 16.0. The van der Waals surface area contributed by atoms with Crippen LogP contribution in [0.15, 0.2) is 42.5 Å². The van der Waals surface area contributed by atoms with Gasteiger partial charge in [-0.15, -0.1) is 0 Å². The Morgan fingerprint density at radius 1 is 1.07 bits per heavy atom. The third kappa shape index (κ3) is 3.57. The summed E-state index contributed by atoms with van der Waals surface area (Å²) >= 11 is 0. The Balaban J connectivity index is 1.28. The van der Waals surface area contributed by atoms with Crippen LogP contribution in [-0.2, 0) is 20.9 Å². The van der Waals surface area contributed by atoms with Crippen molar-refractivity contribution < 1.29 is 33.4 Å². The summed E-state index contributed by atoms with van der Waals surface area (Å²) in [4.78, 5) is 50.0. The van der Waals surface area contributed by atoms with Crippen molar-refractivity contribution in [1.82, 2.24) is 10.2 Å². The van der Waals surface area contributed by atoms with Gasteiger partial charge in [0.2, 0.25) is 6.79 Å². The minimum Gasteiger partial charge on any atom is -0.454 e. The predicted molar refractivity (Wildman–Crippen MR) is 102 cm³/mol. The Labute approximate surface area is 171 Å². The van der Waals surface area contributed by atoms with Gasteiger partial charge in [-0.3, -0.25) is 19.3 Å². The van der Waals surface area contributed by atoms with Crippen molar-refractivity contribution in [3.63, 3.8) is 0 Å². The van der Waals surface area contributed by atoms with Crippen LogP contribution in [0, 0.1) is 0 Å². The summed E-state index contributed by atoms with van der Waals surface area (Å²) in [6, 6.07) is 10.5. The number of amides is 3. The highest BCUT2D eigenvalue weighted by atomic mass is 16.7. The smallest absolute Gasteiger partial charge is 0.329 e. The molecule has 0 aliphatic carbocycles. The molecule has 0 aromatic heterocycles. The maximum Gasteiger partial charge on any atom is 0.329 e. The first-order chi connectivity index (χ1) is 14.5. The van der Waals surface area contributed by atoms with E-state index in [4.69, 9.17) is 14.2 Å². The summed E-state index contributed by atoms with van der Waals surface area (Å²) in [6.07, 6.45) is 0. The number of carbonyl (C=O) groups is 4. The molecule has 0 saturated heterocycles. The lowest BCUT2D eigenvalue weighted by Crippen LogP contribution is -2.44. The van der Waals surface area contributed by atoms with E-state index in [-0.39, 0.29) is 24.5 Å². The molecule has 0 fully saturated rings. The average molecular weight is 410 g/mol. The van der Waals surface area contributed by atoms with Crippen LogP contribution in [0.4, 0.5) is 0 Å². The molecule has 154 valence electrons. The third-order valence-corrected chi connectivity index (χ3v) is 4.83. The fourth-order valence-electron chi connectivity index (χ4n) is 3.22. The van der Waals surface area contributed by atoms with Gasteiger partial charge in [0.15, 0.2) is 18.1 Å². The highest BCUT2D eigenvalue weighted by molar-refractivity contribution is 6.22. The molecule has 30 heavy (non-hydrogen) atoms. The molecule has 1 N–H and O–H groups in total. The van der Waals surface area contributed by atoms with Gasteiger partial charge in [-0.1, -0.05) is 18.2 Å². The zero-order valence-electron chi connectivity index (χ0n) is 16.0. The van der Waals surface area contributed by atoms with E-state index >= 15 is 0 Å². The van der Waals surface area contributed by atoms with Crippen LogP contribution in [0.3, 0.4) is 0 Å². The Kier molecular flexibility index (Phi) is 5.09. The molecule has 1 atom stereocenters. The molecule has 0 spiro atoms. The van der Waals surface area contributed by atoms with E-state index in [0.29, 0.717) is 11.5 Å². The van der Waals surface area contributed by atoms with E-state index in [1.165, 1.54) is 19.1 Å². The summed E-state index contributed by atoms with van der Waals surface area (Å²) in [7, 11) is 0. The van der Waals surface area contributed by atoms with Crippen LogP contribution < -0.4 is 14.8 Å². The number of hydrogen-bond donors (Lipinski definition) is 1. The molecule has 0 bridgehead atoms. The van der Waals surface area contributed by atoms with Gasteiger partial charge in [0.25, 0.3) is 17.7 Å². The van der Waals surface area contributed by atoms with Crippen LogP contribution in [0.5, 0.6) is 11.5 Å². The lowest BCUT2D eigenvalue weighted by Gasteiger charge is -2.20. The van der Waals surface area contributed by atoms with E-state index in [1.807, 2.05) is 0 Å². The topological polar surface area (TPSA) is 111 Å². The molecule has 2 aliphatic heterocycles. The van der Waals surface area contributed by atoms with Crippen molar-refractivity contribution in [2.24, 2.45) is 0 Å². The molecule has 2 aliphatic rings. The number of esters is 1. The number of imide groups is 1. The second-order valence-electron chi connectivity index (χ2n) is 6.77. The van der Waals surface area contributed by atoms with Gasteiger partial charge in [-0.2, -0.15) is 0 Å². The summed E-state index contributed by atoms with van der Waals surface area (Å²) in [5.41, 5.74) is 1.27. The van der Waals surface area contributed by atoms with Gasteiger partial charge in [0, 0.05) is 6.54 Å². The first-order valence-electron chi connectivity index (χ1n) is 9.24. The Hall–Kier alpha value is -3.88. The number of nitrogens with zero attached hydrogens (tertiary/aromatic N) is 1. The second-order valence-corrected chi connectivity index (χ2v) is 6.77. The fourth-order valence-corrected chi connectivity index (χ4v) is 3.22. The normalized spacial score (nSPS) is 15.0. The van der Waals surface area contributed by atoms with Crippen molar-refractivity contribution >= 4 is 23.7 Å². The summed E-state index contributed by atoms with van der Waals surface area (Å²) in [5.74, 6) is -1.25. The molecule has 0 radical (unpaired) electrons. The lowest BCUT2D eigenvalue weighted by atomic mass is 10.1. The number of nitrogens with one attached hydrogen (secondary N) is 1. The van der Waals surface area contributed by atoms with Crippen LogP contribution in [-0.4, -0.2) is 48.0 Å². The van der Waals surface area contributed by atoms with Crippen molar-refractivity contribution in [3.05, 3.63) is 59.2 Å². The second kappa shape index (κ2) is 7.86. The minimum absolute atomic E-state index is 0.159. The quantitative estimate of drug-likeness (QED) is 0.564. The number of carbonyl (C=O) groups excluding carboxylic acids is 4. The number of fused-ring (bicyclic) bond motifs is 2. The molecule has 2 heterocycles. The van der Waals surface area contributed by atoms with Crippen LogP contribution in [0.25, 0.3) is 0 Å². The molecule has 1 unspecified atom stereocenters. The van der Waals surface area contributed by atoms with Gasteiger partial charge in [-0.05, 0) is 36.8 Å². The lowest BCUT2D eigenvalue weighted by molar-refractivity contribution is -0.151. The number of ether oxygens (including phenoxy) is 3. The molecule has 0 saturated carbocycles. The van der Waals surface area contributed by atoms with Crippen molar-refractivity contribution in [1.29, 1.82) is 0 Å². The highest BCUT2D eigenvalue weighted by Gasteiger charge is 2.41. The number of hydrogen-bond acceptors (Lipinski definition) is 7. The van der Waals surface area contributed by atoms with Crippen LogP contribution in [0.2, 0.25) is 0 Å². The highest BCUT2D eigenvalue weighted by Crippen LogP contribution is 2.32. The zero-order chi connectivity index (χ0) is 21.3. The molecule has 9 heteroatoms.